The van der Waals surface area contributed by atoms with Gasteiger partial charge in [0.25, 0.3) is 0 Å². The van der Waals surface area contributed by atoms with Crippen molar-refractivity contribution in [3.63, 3.8) is 0 Å². The molecular weight excluding hydrogens is 151 g/mol. The molecule has 0 saturated heterocycles. The molecule has 0 aliphatic carbocycles. The summed E-state index contributed by atoms with van der Waals surface area (Å²) in [5.74, 6) is 0. The van der Waals surface area contributed by atoms with Gasteiger partial charge in [0.05, 0.1) is 0 Å². The van der Waals surface area contributed by atoms with Crippen molar-refractivity contribution in [3.05, 3.63) is 0 Å². The Hall–Kier alpha value is 1.61. The van der Waals surface area contributed by atoms with Crippen molar-refractivity contribution in [2.75, 3.05) is 0 Å². The molecule has 0 aromatic carbocycles. The number of hydrogen-bond donors (Lipinski definition) is 0. The maximum absolute atomic E-state index is 0. The molecule has 0 aliphatic heterocycles. The van der Waals surface area contributed by atoms with Gasteiger partial charge in [-0.1, -0.05) is 0 Å². The van der Waals surface area contributed by atoms with Gasteiger partial charge in [-0.25, -0.2) is 0 Å². The van der Waals surface area contributed by atoms with Crippen molar-refractivity contribution in [2.45, 2.75) is 0 Å². The molecule has 0 radical (unpaired) electrons. The van der Waals surface area contributed by atoms with Gasteiger partial charge in [-0.05, 0) is 0 Å². The SMILES string of the molecule is O.O.[H-].[Mo].[Na+]. The van der Waals surface area contributed by atoms with Crippen LogP contribution >= 0.6 is 0 Å². The summed E-state index contributed by atoms with van der Waals surface area (Å²) in [4.78, 5) is 0. The van der Waals surface area contributed by atoms with Crippen LogP contribution in [0.3, 0.4) is 0 Å². The number of hydrogen-bond acceptors (Lipinski definition) is 0. The van der Waals surface area contributed by atoms with Gasteiger partial charge in [0.1, 0.15) is 0 Å². The third-order valence-electron chi connectivity index (χ3n) is 0. The topological polar surface area (TPSA) is 63.0 Å². The van der Waals surface area contributed by atoms with Gasteiger partial charge in [0.15, 0.2) is 0 Å². The first-order valence-corrected chi connectivity index (χ1v) is 0. The smallest absolute Gasteiger partial charge is 1.00 e. The molecule has 0 saturated carbocycles. The van der Waals surface area contributed by atoms with Gasteiger partial charge in [0.2, 0.25) is 0 Å². The quantitative estimate of drug-likeness (QED) is 0.317. The molecule has 0 aliphatic rings. The van der Waals surface area contributed by atoms with Crippen molar-refractivity contribution >= 4 is 0 Å². The van der Waals surface area contributed by atoms with E-state index in [0.717, 1.165) is 0 Å². The second-order valence-corrected chi connectivity index (χ2v) is 0. The van der Waals surface area contributed by atoms with Crippen molar-refractivity contribution < 1.29 is 63.0 Å². The summed E-state index contributed by atoms with van der Waals surface area (Å²) in [5, 5.41) is 0. The van der Waals surface area contributed by atoms with Crippen LogP contribution in [0.4, 0.5) is 0 Å². The number of rotatable bonds is 0. The maximum Gasteiger partial charge on any atom is 1.00 e. The predicted octanol–water partition coefficient (Wildman–Crippen LogP) is -4.54. The van der Waals surface area contributed by atoms with Gasteiger partial charge in [0, 0.05) is 21.1 Å². The average Bonchev–Trinajstić information content (AvgIpc) is 0. The second kappa shape index (κ2) is 23.2. The molecule has 0 fully saturated rings. The van der Waals surface area contributed by atoms with E-state index < -0.39 is 0 Å². The van der Waals surface area contributed by atoms with Crippen LogP contribution in [0.1, 0.15) is 1.43 Å². The zero-order valence-corrected chi connectivity index (χ0v) is 6.42. The van der Waals surface area contributed by atoms with Crippen molar-refractivity contribution in [1.82, 2.24) is 0 Å². The van der Waals surface area contributed by atoms with Gasteiger partial charge in [-0.2, -0.15) is 0 Å². The first kappa shape index (κ1) is 46.0. The molecule has 4 N–H and O–H groups in total. The fraction of sp³-hybridized carbons (Fsp3) is 0. The summed E-state index contributed by atoms with van der Waals surface area (Å²) in [6.07, 6.45) is 0. The van der Waals surface area contributed by atoms with Crippen LogP contribution in [0.15, 0.2) is 0 Å². The first-order valence-electron chi connectivity index (χ1n) is 0. The Kier molecular flexibility index (Phi) is 267. The Bertz CT molecular complexity index is 9.61. The molecule has 0 aromatic heterocycles. The van der Waals surface area contributed by atoms with E-state index in [1.807, 2.05) is 0 Å². The standard InChI is InChI=1S/Mo.Na.2H2O.H/h;;2*1H2;/q;+1;;;-1. The molecule has 2 nitrogen and oxygen atoms in total. The van der Waals surface area contributed by atoms with Crippen LogP contribution in [0, 0.1) is 0 Å². The third-order valence-corrected chi connectivity index (χ3v) is 0. The third kappa shape index (κ3) is 9.49. The monoisotopic (exact) mass is 158 g/mol. The summed E-state index contributed by atoms with van der Waals surface area (Å²) in [6.45, 7) is 0. The maximum atomic E-state index is 0. The summed E-state index contributed by atoms with van der Waals surface area (Å²) < 4.78 is 0. The van der Waals surface area contributed by atoms with Gasteiger partial charge < -0.3 is 12.4 Å². The molecule has 0 atom stereocenters. The van der Waals surface area contributed by atoms with Gasteiger partial charge in [-0.3, -0.25) is 0 Å². The normalized spacial score (nSPS) is 0. The molecular formula is H5MoNaO2. The van der Waals surface area contributed by atoms with Gasteiger partial charge >= 0.3 is 29.6 Å². The van der Waals surface area contributed by atoms with E-state index in [2.05, 4.69) is 0 Å². The fourth-order valence-corrected chi connectivity index (χ4v) is 0. The minimum atomic E-state index is 0. The van der Waals surface area contributed by atoms with Crippen molar-refractivity contribution in [3.8, 4) is 0 Å². The van der Waals surface area contributed by atoms with E-state index in [4.69, 9.17) is 0 Å². The molecule has 4 heavy (non-hydrogen) atoms. The molecule has 0 amide bonds. The van der Waals surface area contributed by atoms with Crippen LogP contribution in [-0.2, 0) is 21.1 Å². The van der Waals surface area contributed by atoms with Crippen LogP contribution in [-0.4, -0.2) is 11.0 Å². The summed E-state index contributed by atoms with van der Waals surface area (Å²) >= 11 is 0. The molecule has 4 heteroatoms. The van der Waals surface area contributed by atoms with E-state index >= 15 is 0 Å². The van der Waals surface area contributed by atoms with E-state index in [1.165, 1.54) is 0 Å². The zero-order chi connectivity index (χ0) is 0. The van der Waals surface area contributed by atoms with Crippen molar-refractivity contribution in [1.29, 1.82) is 0 Å². The predicted molar refractivity (Wildman–Crippen MR) is 8.34 cm³/mol. The summed E-state index contributed by atoms with van der Waals surface area (Å²) in [5.41, 5.74) is 0. The fourth-order valence-electron chi connectivity index (χ4n) is 0. The molecule has 0 bridgehead atoms. The molecule has 0 rings (SSSR count). The summed E-state index contributed by atoms with van der Waals surface area (Å²) in [7, 11) is 0. The minimum Gasteiger partial charge on any atom is -1.00 e. The zero-order valence-electron chi connectivity index (χ0n) is 3.41. The van der Waals surface area contributed by atoms with E-state index in [-0.39, 0.29) is 63.0 Å². The van der Waals surface area contributed by atoms with Crippen LogP contribution < -0.4 is 29.6 Å². The summed E-state index contributed by atoms with van der Waals surface area (Å²) in [6, 6.07) is 0. The van der Waals surface area contributed by atoms with Crippen LogP contribution in [0.25, 0.3) is 0 Å². The second-order valence-electron chi connectivity index (χ2n) is 0. The first-order chi connectivity index (χ1) is 0. The molecule has 0 aromatic rings. The largest absolute Gasteiger partial charge is 1.00 e. The van der Waals surface area contributed by atoms with Crippen LogP contribution in [0.2, 0.25) is 0 Å². The van der Waals surface area contributed by atoms with Gasteiger partial charge in [-0.15, -0.1) is 0 Å². The molecule has 0 unspecified atom stereocenters. The Labute approximate surface area is 62.6 Å². The molecule has 0 heterocycles. The minimum absolute atomic E-state index is 0. The average molecular weight is 156 g/mol. The van der Waals surface area contributed by atoms with Crippen LogP contribution in [0.5, 0.6) is 0 Å². The Morgan fingerprint density at radius 3 is 1.00 bits per heavy atom. The Balaban J connectivity index is 0. The Morgan fingerprint density at radius 2 is 1.00 bits per heavy atom. The van der Waals surface area contributed by atoms with E-state index in [9.17, 15) is 0 Å². The molecule has 0 spiro atoms. The van der Waals surface area contributed by atoms with E-state index in [1.54, 1.807) is 0 Å². The molecule has 24 valence electrons. The Morgan fingerprint density at radius 1 is 1.00 bits per heavy atom. The van der Waals surface area contributed by atoms with Crippen molar-refractivity contribution in [2.24, 2.45) is 0 Å². The van der Waals surface area contributed by atoms with E-state index in [0.29, 0.717) is 0 Å².